The minimum absolute atomic E-state index is 0.899. The molecule has 2 heteroatoms. The molecule has 0 saturated heterocycles. The largest absolute Gasteiger partial charge is 0.455 e. The van der Waals surface area contributed by atoms with Crippen LogP contribution in [0, 0.1) is 0 Å². The van der Waals surface area contributed by atoms with Crippen LogP contribution in [0.3, 0.4) is 0 Å². The van der Waals surface area contributed by atoms with Gasteiger partial charge in [0.05, 0.1) is 5.69 Å². The van der Waals surface area contributed by atoms with Gasteiger partial charge in [-0.15, -0.1) is 0 Å². The molecule has 0 unspecified atom stereocenters. The van der Waals surface area contributed by atoms with Crippen LogP contribution < -0.4 is 4.90 Å². The summed E-state index contributed by atoms with van der Waals surface area (Å²) in [5.74, 6) is 0. The number of nitrogens with zero attached hydrogens (tertiary/aromatic N) is 1. The van der Waals surface area contributed by atoms with E-state index in [1.807, 2.05) is 12.1 Å². The van der Waals surface area contributed by atoms with E-state index in [2.05, 4.69) is 229 Å². The van der Waals surface area contributed by atoms with E-state index in [9.17, 15) is 0 Å². The molecule has 0 aliphatic heterocycles. The van der Waals surface area contributed by atoms with E-state index in [-0.39, 0.29) is 0 Å². The van der Waals surface area contributed by atoms with Crippen LogP contribution >= 0.6 is 0 Å². The van der Waals surface area contributed by atoms with Crippen molar-refractivity contribution in [1.29, 1.82) is 0 Å². The second-order valence-electron chi connectivity index (χ2n) is 15.2. The minimum atomic E-state index is 0.899. The van der Waals surface area contributed by atoms with Gasteiger partial charge >= 0.3 is 0 Å². The zero-order valence-corrected chi connectivity index (χ0v) is 32.9. The number of fused-ring (bicyclic) bond motifs is 4. The standard InChI is InChI=1S/C58H39NO/c1-3-17-40(18-4-1)48-26-9-10-28-53(48)57-50(42-19-5-2-6-20-42)30-16-33-55(57)59(46-24-13-23-44(39-46)49-29-14-22-41-21-7-8-25-47(41)49)45-37-35-43(36-38-45)51-31-15-32-54-52-27-11-12-34-56(52)60-58(51)54/h1-39H. The molecule has 0 spiro atoms. The van der Waals surface area contributed by atoms with E-state index in [4.69, 9.17) is 4.42 Å². The van der Waals surface area contributed by atoms with Crippen LogP contribution in [0.4, 0.5) is 17.1 Å². The van der Waals surface area contributed by atoms with Crippen molar-refractivity contribution >= 4 is 49.8 Å². The summed E-state index contributed by atoms with van der Waals surface area (Å²) in [4.78, 5) is 2.43. The number of hydrogen-bond donors (Lipinski definition) is 0. The fourth-order valence-corrected chi connectivity index (χ4v) is 8.92. The summed E-state index contributed by atoms with van der Waals surface area (Å²) in [6.45, 7) is 0. The van der Waals surface area contributed by atoms with Gasteiger partial charge in [0.2, 0.25) is 0 Å². The summed E-state index contributed by atoms with van der Waals surface area (Å²) in [5, 5.41) is 4.71. The molecular formula is C58H39NO. The van der Waals surface area contributed by atoms with Crippen molar-refractivity contribution in [3.63, 3.8) is 0 Å². The number of para-hydroxylation sites is 2. The molecular weight excluding hydrogens is 727 g/mol. The van der Waals surface area contributed by atoms with E-state index < -0.39 is 0 Å². The molecule has 1 aromatic heterocycles. The molecule has 11 aromatic rings. The van der Waals surface area contributed by atoms with Gasteiger partial charge in [0, 0.05) is 33.3 Å². The highest BCUT2D eigenvalue weighted by Gasteiger charge is 2.23. The fourth-order valence-electron chi connectivity index (χ4n) is 8.92. The molecule has 0 aliphatic carbocycles. The lowest BCUT2D eigenvalue weighted by Crippen LogP contribution is -2.12. The van der Waals surface area contributed by atoms with Crippen LogP contribution in [0.2, 0.25) is 0 Å². The molecule has 0 bridgehead atoms. The predicted octanol–water partition coefficient (Wildman–Crippen LogP) is 16.5. The van der Waals surface area contributed by atoms with Crippen molar-refractivity contribution in [2.75, 3.05) is 4.90 Å². The number of hydrogen-bond acceptors (Lipinski definition) is 2. The maximum atomic E-state index is 6.50. The van der Waals surface area contributed by atoms with Gasteiger partial charge in [-0.1, -0.05) is 200 Å². The molecule has 10 aromatic carbocycles. The van der Waals surface area contributed by atoms with Crippen LogP contribution in [0.1, 0.15) is 0 Å². The molecule has 1 heterocycles. The van der Waals surface area contributed by atoms with Crippen molar-refractivity contribution < 1.29 is 4.42 Å². The highest BCUT2D eigenvalue weighted by Crippen LogP contribution is 2.49. The Morgan fingerprint density at radius 2 is 0.833 bits per heavy atom. The molecule has 2 nitrogen and oxygen atoms in total. The first-order chi connectivity index (χ1) is 29.8. The lowest BCUT2D eigenvalue weighted by molar-refractivity contribution is 0.670. The molecule has 0 atom stereocenters. The van der Waals surface area contributed by atoms with Gasteiger partial charge in [0.1, 0.15) is 11.2 Å². The SMILES string of the molecule is c1ccc(-c2ccccc2-c2c(-c3ccccc3)cccc2N(c2ccc(-c3cccc4c3oc3ccccc34)cc2)c2cccc(-c3cccc4ccccc34)c2)cc1. The summed E-state index contributed by atoms with van der Waals surface area (Å²) in [6.07, 6.45) is 0. The van der Waals surface area contributed by atoms with Gasteiger partial charge in [0.25, 0.3) is 0 Å². The van der Waals surface area contributed by atoms with Crippen molar-refractivity contribution in [2.24, 2.45) is 0 Å². The minimum Gasteiger partial charge on any atom is -0.455 e. The summed E-state index contributed by atoms with van der Waals surface area (Å²) in [5.41, 5.74) is 16.6. The van der Waals surface area contributed by atoms with E-state index in [0.29, 0.717) is 0 Å². The molecule has 60 heavy (non-hydrogen) atoms. The third-order valence-corrected chi connectivity index (χ3v) is 11.7. The Morgan fingerprint density at radius 1 is 0.300 bits per heavy atom. The van der Waals surface area contributed by atoms with E-state index >= 15 is 0 Å². The van der Waals surface area contributed by atoms with Crippen LogP contribution in [-0.4, -0.2) is 0 Å². The zero-order chi connectivity index (χ0) is 39.8. The molecule has 0 fully saturated rings. The summed E-state index contributed by atoms with van der Waals surface area (Å²) < 4.78 is 6.50. The highest BCUT2D eigenvalue weighted by atomic mass is 16.3. The topological polar surface area (TPSA) is 16.4 Å². The van der Waals surface area contributed by atoms with Gasteiger partial charge in [-0.3, -0.25) is 0 Å². The normalized spacial score (nSPS) is 11.3. The molecule has 282 valence electrons. The van der Waals surface area contributed by atoms with Crippen molar-refractivity contribution in [2.45, 2.75) is 0 Å². The van der Waals surface area contributed by atoms with Crippen molar-refractivity contribution in [3.05, 3.63) is 237 Å². The van der Waals surface area contributed by atoms with Crippen LogP contribution in [0.25, 0.3) is 88.3 Å². The smallest absolute Gasteiger partial charge is 0.143 e. The van der Waals surface area contributed by atoms with Crippen LogP contribution in [0.5, 0.6) is 0 Å². The van der Waals surface area contributed by atoms with Gasteiger partial charge in [-0.05, 0) is 91.7 Å². The van der Waals surface area contributed by atoms with Gasteiger partial charge in [0.15, 0.2) is 0 Å². The van der Waals surface area contributed by atoms with Crippen LogP contribution in [0.15, 0.2) is 241 Å². The first-order valence-electron chi connectivity index (χ1n) is 20.5. The van der Waals surface area contributed by atoms with E-state index in [1.54, 1.807) is 0 Å². The fraction of sp³-hybridized carbons (Fsp3) is 0. The average Bonchev–Trinajstić information content (AvgIpc) is 3.71. The van der Waals surface area contributed by atoms with Crippen LogP contribution in [-0.2, 0) is 0 Å². The Bertz CT molecular complexity index is 3300. The van der Waals surface area contributed by atoms with Gasteiger partial charge in [-0.2, -0.15) is 0 Å². The summed E-state index contributed by atoms with van der Waals surface area (Å²) >= 11 is 0. The number of rotatable bonds is 8. The molecule has 0 N–H and O–H groups in total. The van der Waals surface area contributed by atoms with E-state index in [1.165, 1.54) is 38.6 Å². The Hall–Kier alpha value is -7.94. The predicted molar refractivity (Wildman–Crippen MR) is 253 cm³/mol. The quantitative estimate of drug-likeness (QED) is 0.153. The maximum absolute atomic E-state index is 6.50. The number of furan rings is 1. The van der Waals surface area contributed by atoms with Crippen molar-refractivity contribution in [3.8, 4) is 55.6 Å². The second kappa shape index (κ2) is 15.1. The molecule has 0 aliphatic rings. The lowest BCUT2D eigenvalue weighted by Gasteiger charge is -2.30. The third-order valence-electron chi connectivity index (χ3n) is 11.7. The lowest BCUT2D eigenvalue weighted by atomic mass is 9.87. The molecule has 0 saturated carbocycles. The second-order valence-corrected chi connectivity index (χ2v) is 15.2. The Labute approximate surface area is 349 Å². The van der Waals surface area contributed by atoms with E-state index in [0.717, 1.165) is 66.8 Å². The van der Waals surface area contributed by atoms with Crippen molar-refractivity contribution in [1.82, 2.24) is 0 Å². The Balaban J connectivity index is 1.15. The molecule has 0 amide bonds. The summed E-state index contributed by atoms with van der Waals surface area (Å²) in [6, 6.07) is 85.0. The Morgan fingerprint density at radius 3 is 1.65 bits per heavy atom. The summed E-state index contributed by atoms with van der Waals surface area (Å²) in [7, 11) is 0. The Kier molecular flexibility index (Phi) is 8.87. The monoisotopic (exact) mass is 765 g/mol. The maximum Gasteiger partial charge on any atom is 0.143 e. The highest BCUT2D eigenvalue weighted by molar-refractivity contribution is 6.10. The number of benzene rings is 10. The average molecular weight is 766 g/mol. The molecule has 11 rings (SSSR count). The molecule has 0 radical (unpaired) electrons. The third kappa shape index (κ3) is 6.23. The first kappa shape index (κ1) is 35.2. The first-order valence-corrected chi connectivity index (χ1v) is 20.5. The van der Waals surface area contributed by atoms with Gasteiger partial charge in [-0.25, -0.2) is 0 Å². The number of anilines is 3. The van der Waals surface area contributed by atoms with Gasteiger partial charge < -0.3 is 9.32 Å². The zero-order valence-electron chi connectivity index (χ0n) is 32.9.